The highest BCUT2D eigenvalue weighted by Crippen LogP contribution is 2.31. The van der Waals surface area contributed by atoms with Crippen LogP contribution in [-0.2, 0) is 19.3 Å². The number of fused-ring (bicyclic) bond motifs is 1. The van der Waals surface area contributed by atoms with Gasteiger partial charge in [0.15, 0.2) is 0 Å². The first-order valence-corrected chi connectivity index (χ1v) is 8.98. The Morgan fingerprint density at radius 3 is 2.70 bits per heavy atom. The van der Waals surface area contributed by atoms with Gasteiger partial charge in [-0.2, -0.15) is 18.3 Å². The van der Waals surface area contributed by atoms with Crippen molar-refractivity contribution < 1.29 is 22.4 Å². The number of nitrogens with zero attached hydrogens (tertiary/aromatic N) is 4. The minimum absolute atomic E-state index is 0.0296. The first kappa shape index (κ1) is 20.1. The summed E-state index contributed by atoms with van der Waals surface area (Å²) in [6, 6.07) is 1.69. The van der Waals surface area contributed by atoms with Gasteiger partial charge in [-0.15, -0.1) is 0 Å². The molecule has 1 aliphatic rings. The van der Waals surface area contributed by atoms with Gasteiger partial charge in [0.05, 0.1) is 35.8 Å². The quantitative estimate of drug-likeness (QED) is 0.499. The first-order valence-electron chi connectivity index (χ1n) is 8.61. The molecule has 1 aromatic carbocycles. The van der Waals surface area contributed by atoms with E-state index in [0.29, 0.717) is 36.3 Å². The maximum Gasteiger partial charge on any atom is 0.416 e. The second-order valence-electron chi connectivity index (χ2n) is 6.55. The highest BCUT2D eigenvalue weighted by atomic mass is 35.5. The molecule has 156 valence electrons. The summed E-state index contributed by atoms with van der Waals surface area (Å²) < 4.78 is 54.5. The molecule has 30 heavy (non-hydrogen) atoms. The topological polar surface area (TPSA) is 83.9 Å². The summed E-state index contributed by atoms with van der Waals surface area (Å²) in [5, 5.41) is 5.87. The van der Waals surface area contributed by atoms with Crippen molar-refractivity contribution in [3.05, 3.63) is 74.4 Å². The molecule has 0 unspecified atom stereocenters. The van der Waals surface area contributed by atoms with Gasteiger partial charge in [-0.05, 0) is 18.2 Å². The zero-order chi connectivity index (χ0) is 21.6. The third kappa shape index (κ3) is 3.45. The zero-order valence-corrected chi connectivity index (χ0v) is 15.8. The summed E-state index contributed by atoms with van der Waals surface area (Å²) in [7, 11) is 0. The summed E-state index contributed by atoms with van der Waals surface area (Å²) in [4.78, 5) is 30.3. The van der Waals surface area contributed by atoms with Crippen molar-refractivity contribution >= 4 is 23.1 Å². The predicted molar refractivity (Wildman–Crippen MR) is 98.0 cm³/mol. The number of nitrogens with one attached hydrogen (secondary N) is 1. The second-order valence-corrected chi connectivity index (χ2v) is 6.93. The molecule has 1 N–H and O–H groups in total. The molecule has 0 spiro atoms. The van der Waals surface area contributed by atoms with Gasteiger partial charge in [-0.25, -0.2) is 14.5 Å². The van der Waals surface area contributed by atoms with Gasteiger partial charge < -0.3 is 9.47 Å². The number of hydrogen-bond acceptors (Lipinski definition) is 5. The maximum absolute atomic E-state index is 14.1. The smallest absolute Gasteiger partial charge is 0.360 e. The van der Waals surface area contributed by atoms with Gasteiger partial charge in [0.1, 0.15) is 22.4 Å². The summed E-state index contributed by atoms with van der Waals surface area (Å²) in [5.41, 5.74) is -2.01. The molecule has 7 nitrogen and oxygen atoms in total. The highest BCUT2D eigenvalue weighted by Gasteiger charge is 2.33. The van der Waals surface area contributed by atoms with Crippen LogP contribution in [0, 0.1) is 5.82 Å². The Kier molecular flexibility index (Phi) is 4.85. The Morgan fingerprint density at radius 1 is 1.20 bits per heavy atom. The molecule has 0 aliphatic carbocycles. The first-order chi connectivity index (χ1) is 14.2. The van der Waals surface area contributed by atoms with Crippen LogP contribution in [0.4, 0.5) is 23.2 Å². The third-order valence-electron chi connectivity index (χ3n) is 4.75. The number of benzene rings is 1. The standard InChI is InChI=1S/C18H12ClF4N5O2/c19-15-12(7-25-26-17(15)30)27-3-4-28-13(6-24-14(28)8-27)16(29)10-5-9(18(21,22)23)1-2-11(10)20/h1-2,5-7H,3-4,8H2,(H,26,30). The van der Waals surface area contributed by atoms with Gasteiger partial charge >= 0.3 is 6.18 Å². The van der Waals surface area contributed by atoms with Crippen molar-refractivity contribution in [3.63, 3.8) is 0 Å². The van der Waals surface area contributed by atoms with Crippen LogP contribution < -0.4 is 10.5 Å². The minimum atomic E-state index is -4.71. The molecule has 0 fully saturated rings. The zero-order valence-electron chi connectivity index (χ0n) is 15.0. The lowest BCUT2D eigenvalue weighted by atomic mass is 10.0. The summed E-state index contributed by atoms with van der Waals surface area (Å²) in [6.07, 6.45) is -2.13. The normalized spacial score (nSPS) is 14.0. The molecule has 0 amide bonds. The molecule has 3 aromatic rings. The lowest BCUT2D eigenvalue weighted by Gasteiger charge is -2.30. The van der Waals surface area contributed by atoms with Crippen molar-refractivity contribution in [2.75, 3.05) is 11.4 Å². The Morgan fingerprint density at radius 2 is 1.97 bits per heavy atom. The Hall–Kier alpha value is -3.21. The molecule has 2 aromatic heterocycles. The number of aromatic nitrogens is 4. The van der Waals surface area contributed by atoms with Gasteiger partial charge in [0, 0.05) is 13.1 Å². The minimum Gasteiger partial charge on any atom is -0.360 e. The molecule has 1 aliphatic heterocycles. The van der Waals surface area contributed by atoms with E-state index in [9.17, 15) is 27.2 Å². The van der Waals surface area contributed by atoms with Gasteiger partial charge in [-0.1, -0.05) is 11.6 Å². The number of halogens is 5. The van der Waals surface area contributed by atoms with Crippen molar-refractivity contribution in [2.24, 2.45) is 0 Å². The summed E-state index contributed by atoms with van der Waals surface area (Å²) in [5.74, 6) is -1.54. The number of aromatic amines is 1. The van der Waals surface area contributed by atoms with E-state index in [2.05, 4.69) is 15.2 Å². The van der Waals surface area contributed by atoms with Crippen LogP contribution in [0.5, 0.6) is 0 Å². The molecule has 4 rings (SSSR count). The van der Waals surface area contributed by atoms with E-state index >= 15 is 0 Å². The van der Waals surface area contributed by atoms with Gasteiger partial charge in [0.2, 0.25) is 5.78 Å². The van der Waals surface area contributed by atoms with E-state index in [-0.39, 0.29) is 23.8 Å². The van der Waals surface area contributed by atoms with Crippen molar-refractivity contribution in [2.45, 2.75) is 19.3 Å². The van der Waals surface area contributed by atoms with Crippen LogP contribution in [0.2, 0.25) is 5.02 Å². The number of H-pyrrole nitrogens is 1. The third-order valence-corrected chi connectivity index (χ3v) is 5.12. The monoisotopic (exact) mass is 441 g/mol. The van der Waals surface area contributed by atoms with Crippen molar-refractivity contribution in [1.82, 2.24) is 19.7 Å². The molecule has 12 heteroatoms. The average Bonchev–Trinajstić information content (AvgIpc) is 3.12. The lowest BCUT2D eigenvalue weighted by Crippen LogP contribution is -2.36. The molecule has 0 bridgehead atoms. The summed E-state index contributed by atoms with van der Waals surface area (Å²) in [6.45, 7) is 0.711. The van der Waals surface area contributed by atoms with Crippen LogP contribution in [-0.4, -0.2) is 32.1 Å². The summed E-state index contributed by atoms with van der Waals surface area (Å²) >= 11 is 6.02. The number of anilines is 1. The second kappa shape index (κ2) is 7.24. The molecular weight excluding hydrogens is 430 g/mol. The van der Waals surface area contributed by atoms with Crippen LogP contribution >= 0.6 is 11.6 Å². The molecular formula is C18H12ClF4N5O2. The number of hydrogen-bond donors (Lipinski definition) is 1. The molecule has 0 radical (unpaired) electrons. The van der Waals surface area contributed by atoms with Gasteiger partial charge in [-0.3, -0.25) is 9.59 Å². The predicted octanol–water partition coefficient (Wildman–Crippen LogP) is 3.03. The number of alkyl halides is 3. The van der Waals surface area contributed by atoms with Crippen LogP contribution in [0.3, 0.4) is 0 Å². The lowest BCUT2D eigenvalue weighted by molar-refractivity contribution is -0.137. The number of rotatable bonds is 3. The molecule has 3 heterocycles. The largest absolute Gasteiger partial charge is 0.416 e. The fourth-order valence-electron chi connectivity index (χ4n) is 3.26. The van der Waals surface area contributed by atoms with Crippen molar-refractivity contribution in [3.8, 4) is 0 Å². The number of ketones is 1. The van der Waals surface area contributed by atoms with E-state index < -0.39 is 34.5 Å². The fourth-order valence-corrected chi connectivity index (χ4v) is 3.47. The molecule has 0 saturated carbocycles. The number of carbonyl (C=O) groups excluding carboxylic acids is 1. The van der Waals surface area contributed by atoms with E-state index in [1.54, 1.807) is 4.90 Å². The van der Waals surface area contributed by atoms with Crippen LogP contribution in [0.25, 0.3) is 0 Å². The van der Waals surface area contributed by atoms with E-state index in [1.807, 2.05) is 0 Å². The van der Waals surface area contributed by atoms with Crippen molar-refractivity contribution in [1.29, 1.82) is 0 Å². The Bertz CT molecular complexity index is 1200. The maximum atomic E-state index is 14.1. The van der Waals surface area contributed by atoms with Crippen LogP contribution in [0.15, 0.2) is 35.4 Å². The number of carbonyl (C=O) groups is 1. The Labute approximate surface area is 170 Å². The van der Waals surface area contributed by atoms with Gasteiger partial charge in [0.25, 0.3) is 5.56 Å². The SMILES string of the molecule is O=C(c1cc(C(F)(F)F)ccc1F)c1cnc2n1CCN(c1cn[nH]c(=O)c1Cl)C2. The van der Waals surface area contributed by atoms with E-state index in [4.69, 9.17) is 11.6 Å². The number of imidazole rings is 1. The molecule has 0 atom stereocenters. The fraction of sp³-hybridized carbons (Fsp3) is 0.222. The van der Waals surface area contributed by atoms with Crippen LogP contribution in [0.1, 0.15) is 27.4 Å². The average molecular weight is 442 g/mol. The highest BCUT2D eigenvalue weighted by molar-refractivity contribution is 6.33. The Balaban J connectivity index is 1.66. The molecule has 0 saturated heterocycles. The van der Waals surface area contributed by atoms with E-state index in [0.717, 1.165) is 0 Å². The van der Waals surface area contributed by atoms with E-state index in [1.165, 1.54) is 17.0 Å².